The van der Waals surface area contributed by atoms with Crippen molar-refractivity contribution in [3.05, 3.63) is 51.2 Å². The zero-order valence-corrected chi connectivity index (χ0v) is 12.5. The van der Waals surface area contributed by atoms with Gasteiger partial charge in [-0.3, -0.25) is 4.79 Å². The van der Waals surface area contributed by atoms with Crippen molar-refractivity contribution < 1.29 is 18.3 Å². The number of rotatable bonds is 5. The summed E-state index contributed by atoms with van der Waals surface area (Å²) in [6.07, 6.45) is 0. The second-order valence-electron chi connectivity index (χ2n) is 4.55. The van der Waals surface area contributed by atoms with Crippen molar-refractivity contribution in [2.24, 2.45) is 0 Å². The zero-order valence-electron chi connectivity index (χ0n) is 11.7. The van der Waals surface area contributed by atoms with E-state index in [1.54, 1.807) is 12.1 Å². The molecule has 1 N–H and O–H groups in total. The Balaban J connectivity index is 1.92. The predicted octanol–water partition coefficient (Wildman–Crippen LogP) is 3.90. The van der Waals surface area contributed by atoms with Crippen LogP contribution in [0.5, 0.6) is 5.75 Å². The van der Waals surface area contributed by atoms with Gasteiger partial charge in [-0.25, -0.2) is 0 Å². The molecule has 1 heterocycles. The number of thiophene rings is 1. The first-order valence-electron chi connectivity index (χ1n) is 6.34. The first kappa shape index (κ1) is 15.4. The molecule has 2 rings (SSSR count). The molecule has 0 aliphatic carbocycles. The van der Waals surface area contributed by atoms with Crippen LogP contribution in [0, 0.1) is 13.8 Å². The van der Waals surface area contributed by atoms with E-state index >= 15 is 0 Å². The Kier molecular flexibility index (Phi) is 4.90. The summed E-state index contributed by atoms with van der Waals surface area (Å²) in [5.41, 5.74) is 1.91. The van der Waals surface area contributed by atoms with Gasteiger partial charge in [0.2, 0.25) is 0 Å². The normalized spacial score (nSPS) is 10.7. The number of carbonyl (C=O) groups is 1. The van der Waals surface area contributed by atoms with Crippen molar-refractivity contribution in [1.82, 2.24) is 5.32 Å². The Morgan fingerprint density at radius 3 is 2.48 bits per heavy atom. The summed E-state index contributed by atoms with van der Waals surface area (Å²) in [7, 11) is 0. The Hall–Kier alpha value is -1.95. The maximum atomic E-state index is 12.0. The van der Waals surface area contributed by atoms with Gasteiger partial charge >= 0.3 is 6.61 Å². The van der Waals surface area contributed by atoms with Crippen molar-refractivity contribution in [3.8, 4) is 5.75 Å². The molecule has 0 radical (unpaired) electrons. The van der Waals surface area contributed by atoms with Gasteiger partial charge in [-0.15, -0.1) is 11.3 Å². The Morgan fingerprint density at radius 2 is 1.95 bits per heavy atom. The van der Waals surface area contributed by atoms with Crippen LogP contribution in [0.1, 0.15) is 25.7 Å². The monoisotopic (exact) mass is 311 g/mol. The summed E-state index contributed by atoms with van der Waals surface area (Å²) in [6, 6.07) is 8.04. The van der Waals surface area contributed by atoms with Crippen molar-refractivity contribution >= 4 is 17.2 Å². The Labute approximate surface area is 125 Å². The fourth-order valence-electron chi connectivity index (χ4n) is 1.74. The van der Waals surface area contributed by atoms with Gasteiger partial charge in [-0.2, -0.15) is 8.78 Å². The average Bonchev–Trinajstić information content (AvgIpc) is 2.77. The van der Waals surface area contributed by atoms with E-state index in [1.165, 1.54) is 23.5 Å². The first-order chi connectivity index (χ1) is 9.95. The average molecular weight is 311 g/mol. The van der Waals surface area contributed by atoms with Crippen LogP contribution in [0.15, 0.2) is 30.3 Å². The molecule has 6 heteroatoms. The van der Waals surface area contributed by atoms with E-state index in [4.69, 9.17) is 0 Å². The van der Waals surface area contributed by atoms with Crippen LogP contribution in [-0.2, 0) is 6.54 Å². The molecule has 0 fully saturated rings. The number of benzene rings is 1. The lowest BCUT2D eigenvalue weighted by molar-refractivity contribution is -0.0498. The molecule has 0 saturated carbocycles. The zero-order chi connectivity index (χ0) is 15.4. The number of hydrogen-bond donors (Lipinski definition) is 1. The maximum absolute atomic E-state index is 12.0. The van der Waals surface area contributed by atoms with Crippen molar-refractivity contribution in [2.75, 3.05) is 0 Å². The van der Waals surface area contributed by atoms with Crippen molar-refractivity contribution in [3.63, 3.8) is 0 Å². The Morgan fingerprint density at radius 1 is 1.29 bits per heavy atom. The molecule has 0 atom stereocenters. The Bertz CT molecular complexity index is 604. The number of carbonyl (C=O) groups excluding carboxylic acids is 1. The molecule has 0 bridgehead atoms. The van der Waals surface area contributed by atoms with Crippen LogP contribution < -0.4 is 10.1 Å². The van der Waals surface area contributed by atoms with E-state index in [9.17, 15) is 13.6 Å². The van der Waals surface area contributed by atoms with Gasteiger partial charge in [0.05, 0.1) is 4.88 Å². The number of aryl methyl sites for hydroxylation is 2. The molecule has 3 nitrogen and oxygen atoms in total. The second-order valence-corrected chi connectivity index (χ2v) is 5.81. The highest BCUT2D eigenvalue weighted by atomic mass is 32.1. The molecular formula is C15H15F2NO2S. The summed E-state index contributed by atoms with van der Waals surface area (Å²) in [6.45, 7) is 1.44. The molecule has 1 amide bonds. The molecular weight excluding hydrogens is 296 g/mol. The van der Waals surface area contributed by atoms with Gasteiger partial charge < -0.3 is 10.1 Å². The molecule has 112 valence electrons. The van der Waals surface area contributed by atoms with Gasteiger partial charge in [0.25, 0.3) is 5.91 Å². The summed E-state index contributed by atoms with van der Waals surface area (Å²) in [4.78, 5) is 13.8. The quantitative estimate of drug-likeness (QED) is 0.909. The highest BCUT2D eigenvalue weighted by Crippen LogP contribution is 2.20. The number of hydrogen-bond acceptors (Lipinski definition) is 3. The molecule has 0 aliphatic rings. The van der Waals surface area contributed by atoms with Gasteiger partial charge in [0.1, 0.15) is 5.75 Å². The summed E-state index contributed by atoms with van der Waals surface area (Å²) >= 11 is 1.45. The van der Waals surface area contributed by atoms with E-state index < -0.39 is 6.61 Å². The lowest BCUT2D eigenvalue weighted by atomic mass is 10.2. The fourth-order valence-corrected chi connectivity index (χ4v) is 2.69. The number of alkyl halides is 2. The predicted molar refractivity (Wildman–Crippen MR) is 78.0 cm³/mol. The summed E-state index contributed by atoms with van der Waals surface area (Å²) in [5, 5.41) is 2.80. The van der Waals surface area contributed by atoms with Gasteiger partial charge in [-0.05, 0) is 43.2 Å². The van der Waals surface area contributed by atoms with Crippen molar-refractivity contribution in [1.29, 1.82) is 0 Å². The molecule has 0 spiro atoms. The van der Waals surface area contributed by atoms with Gasteiger partial charge in [0, 0.05) is 11.4 Å². The molecule has 0 unspecified atom stereocenters. The topological polar surface area (TPSA) is 38.3 Å². The smallest absolute Gasteiger partial charge is 0.387 e. The van der Waals surface area contributed by atoms with Crippen LogP contribution in [0.25, 0.3) is 0 Å². The summed E-state index contributed by atoms with van der Waals surface area (Å²) in [5.74, 6) is -0.0336. The highest BCUT2D eigenvalue weighted by molar-refractivity contribution is 7.14. The van der Waals surface area contributed by atoms with Crippen molar-refractivity contribution in [2.45, 2.75) is 27.0 Å². The third-order valence-electron chi connectivity index (χ3n) is 2.99. The van der Waals surface area contributed by atoms with Crippen LogP contribution in [0.2, 0.25) is 0 Å². The molecule has 0 saturated heterocycles. The van der Waals surface area contributed by atoms with E-state index in [1.807, 2.05) is 19.9 Å². The van der Waals surface area contributed by atoms with E-state index in [0.717, 1.165) is 16.0 Å². The highest BCUT2D eigenvalue weighted by Gasteiger charge is 2.10. The third kappa shape index (κ3) is 4.26. The molecule has 2 aromatic rings. The number of amides is 1. The molecule has 1 aromatic heterocycles. The molecule has 21 heavy (non-hydrogen) atoms. The number of halogens is 2. The minimum absolute atomic E-state index is 0.101. The third-order valence-corrected chi connectivity index (χ3v) is 4.14. The van der Waals surface area contributed by atoms with Crippen LogP contribution in [-0.4, -0.2) is 12.5 Å². The SMILES string of the molecule is Cc1cc(C(=O)NCc2ccc(OC(F)F)cc2)sc1C. The number of ether oxygens (including phenoxy) is 1. The van der Waals surface area contributed by atoms with E-state index in [-0.39, 0.29) is 11.7 Å². The van der Waals surface area contributed by atoms with Crippen LogP contribution in [0.4, 0.5) is 8.78 Å². The first-order valence-corrected chi connectivity index (χ1v) is 7.16. The standard InChI is InChI=1S/C15H15F2NO2S/c1-9-7-13(21-10(9)2)14(19)18-8-11-3-5-12(6-4-11)20-15(16)17/h3-7,15H,8H2,1-2H3,(H,18,19). The number of nitrogens with one attached hydrogen (secondary N) is 1. The van der Waals surface area contributed by atoms with Gasteiger partial charge in [-0.1, -0.05) is 12.1 Å². The minimum atomic E-state index is -2.83. The van der Waals surface area contributed by atoms with Crippen LogP contribution in [0.3, 0.4) is 0 Å². The van der Waals surface area contributed by atoms with E-state index in [2.05, 4.69) is 10.1 Å². The summed E-state index contributed by atoms with van der Waals surface area (Å²) < 4.78 is 28.3. The molecule has 1 aromatic carbocycles. The molecule has 0 aliphatic heterocycles. The lowest BCUT2D eigenvalue weighted by Gasteiger charge is -2.06. The maximum Gasteiger partial charge on any atom is 0.387 e. The van der Waals surface area contributed by atoms with Crippen LogP contribution >= 0.6 is 11.3 Å². The van der Waals surface area contributed by atoms with E-state index in [0.29, 0.717) is 11.4 Å². The van der Waals surface area contributed by atoms with Gasteiger partial charge in [0.15, 0.2) is 0 Å². The fraction of sp³-hybridized carbons (Fsp3) is 0.267. The second kappa shape index (κ2) is 6.67. The lowest BCUT2D eigenvalue weighted by Crippen LogP contribution is -2.21. The largest absolute Gasteiger partial charge is 0.435 e. The minimum Gasteiger partial charge on any atom is -0.435 e.